The van der Waals surface area contributed by atoms with Crippen molar-refractivity contribution in [2.45, 2.75) is 104 Å². The number of benzene rings is 1. The van der Waals surface area contributed by atoms with Crippen LogP contribution in [0.4, 0.5) is 10.6 Å². The molecule has 3 heterocycles. The number of pyridine rings is 1. The van der Waals surface area contributed by atoms with E-state index in [9.17, 15) is 14.7 Å². The van der Waals surface area contributed by atoms with Gasteiger partial charge in [-0.25, -0.2) is 14.6 Å². The van der Waals surface area contributed by atoms with Crippen molar-refractivity contribution in [1.29, 1.82) is 0 Å². The molecule has 2 aliphatic heterocycles. The number of fused-ring (bicyclic) bond motifs is 1. The minimum Gasteiger partial charge on any atom is -0.478 e. The van der Waals surface area contributed by atoms with Gasteiger partial charge >= 0.3 is 12.1 Å². The second-order valence-corrected chi connectivity index (χ2v) is 13.4. The molecule has 3 unspecified atom stereocenters. The molecular formula is C33H45N3O7. The second-order valence-electron chi connectivity index (χ2n) is 13.4. The zero-order valence-electron chi connectivity index (χ0n) is 26.6. The van der Waals surface area contributed by atoms with Crippen molar-refractivity contribution in [3.05, 3.63) is 35.5 Å². The van der Waals surface area contributed by atoms with Crippen LogP contribution in [0.3, 0.4) is 0 Å². The Kier molecular flexibility index (Phi) is 8.28. The molecule has 1 aromatic carbocycles. The predicted octanol–water partition coefficient (Wildman–Crippen LogP) is 6.28. The number of aromatic carboxylic acids is 1. The molecule has 10 nitrogen and oxygen atoms in total. The first-order chi connectivity index (χ1) is 20.1. The Balaban J connectivity index is 1.37. The van der Waals surface area contributed by atoms with E-state index in [0.29, 0.717) is 22.6 Å². The molecule has 10 heteroatoms. The van der Waals surface area contributed by atoms with E-state index < -0.39 is 17.4 Å². The molecule has 3 atom stereocenters. The van der Waals surface area contributed by atoms with Gasteiger partial charge < -0.3 is 33.9 Å². The molecule has 0 spiro atoms. The Bertz CT molecular complexity index is 1350. The first kappa shape index (κ1) is 30.9. The number of rotatable bonds is 5. The van der Waals surface area contributed by atoms with Crippen molar-refractivity contribution >= 4 is 17.9 Å². The Morgan fingerprint density at radius 1 is 1.07 bits per heavy atom. The Labute approximate surface area is 254 Å². The monoisotopic (exact) mass is 595 g/mol. The number of amides is 1. The summed E-state index contributed by atoms with van der Waals surface area (Å²) in [7, 11) is 1.79. The number of ether oxygens (including phenoxy) is 4. The lowest BCUT2D eigenvalue weighted by Crippen LogP contribution is -2.48. The topological polar surface area (TPSA) is 111 Å². The van der Waals surface area contributed by atoms with Gasteiger partial charge in [-0.15, -0.1) is 0 Å². The summed E-state index contributed by atoms with van der Waals surface area (Å²) in [6, 6.07) is 5.65. The lowest BCUT2D eigenvalue weighted by molar-refractivity contribution is -0.123. The normalized spacial score (nSPS) is 27.1. The SMILES string of the molecule is Cc1c(C(=O)O)cc(-c2ccc(N3CC(C)OC(C)C3)nc2)c2c1OC(C)(C1CCC(N(C)C(=O)OC(C)(C)C)CC1)O2. The van der Waals surface area contributed by atoms with Crippen LogP contribution in [-0.4, -0.2) is 76.8 Å². The molecule has 2 aromatic rings. The molecule has 3 aliphatic rings. The number of hydrogen-bond donors (Lipinski definition) is 1. The first-order valence-electron chi connectivity index (χ1n) is 15.3. The molecule has 1 amide bonds. The van der Waals surface area contributed by atoms with Crippen LogP contribution < -0.4 is 14.4 Å². The second kappa shape index (κ2) is 11.5. The summed E-state index contributed by atoms with van der Waals surface area (Å²) >= 11 is 0. The summed E-state index contributed by atoms with van der Waals surface area (Å²) in [5.74, 6) is -0.0867. The lowest BCUT2D eigenvalue weighted by atomic mass is 9.81. The maximum Gasteiger partial charge on any atom is 0.410 e. The third-order valence-electron chi connectivity index (χ3n) is 8.79. The van der Waals surface area contributed by atoms with Crippen LogP contribution in [0.15, 0.2) is 24.4 Å². The zero-order chi connectivity index (χ0) is 31.3. The number of nitrogens with zero attached hydrogens (tertiary/aromatic N) is 3. The average Bonchev–Trinajstić information content (AvgIpc) is 3.30. The molecule has 0 bridgehead atoms. The summed E-state index contributed by atoms with van der Waals surface area (Å²) in [4.78, 5) is 33.5. The molecule has 1 saturated heterocycles. The Morgan fingerprint density at radius 3 is 2.26 bits per heavy atom. The fraction of sp³-hybridized carbons (Fsp3) is 0.606. The molecule has 1 aromatic heterocycles. The molecule has 1 N–H and O–H groups in total. The number of carboxylic acid groups (broad SMARTS) is 1. The van der Waals surface area contributed by atoms with Gasteiger partial charge in [-0.1, -0.05) is 0 Å². The van der Waals surface area contributed by atoms with Crippen molar-refractivity contribution in [2.24, 2.45) is 5.92 Å². The maximum absolute atomic E-state index is 12.6. The maximum atomic E-state index is 12.6. The van der Waals surface area contributed by atoms with Crippen LogP contribution in [0.1, 0.15) is 83.1 Å². The highest BCUT2D eigenvalue weighted by atomic mass is 16.7. The van der Waals surface area contributed by atoms with E-state index in [2.05, 4.69) is 18.7 Å². The van der Waals surface area contributed by atoms with Gasteiger partial charge in [0, 0.05) is 61.9 Å². The highest BCUT2D eigenvalue weighted by molar-refractivity contribution is 5.94. The van der Waals surface area contributed by atoms with Crippen LogP contribution in [0.5, 0.6) is 11.5 Å². The average molecular weight is 596 g/mol. The third-order valence-corrected chi connectivity index (χ3v) is 8.79. The van der Waals surface area contributed by atoms with Gasteiger partial charge in [-0.05, 0) is 85.4 Å². The van der Waals surface area contributed by atoms with Crippen LogP contribution in [-0.2, 0) is 9.47 Å². The summed E-state index contributed by atoms with van der Waals surface area (Å²) < 4.78 is 24.6. The van der Waals surface area contributed by atoms with E-state index in [0.717, 1.165) is 50.2 Å². The van der Waals surface area contributed by atoms with Gasteiger partial charge in [-0.2, -0.15) is 0 Å². The minimum absolute atomic E-state index is 0.0505. The number of anilines is 1. The number of carboxylic acids is 1. The molecule has 1 saturated carbocycles. The highest BCUT2D eigenvalue weighted by Gasteiger charge is 2.48. The van der Waals surface area contributed by atoms with Crippen molar-refractivity contribution in [2.75, 3.05) is 25.0 Å². The fourth-order valence-corrected chi connectivity index (χ4v) is 6.55. The number of carbonyl (C=O) groups excluding carboxylic acids is 1. The van der Waals surface area contributed by atoms with E-state index in [-0.39, 0.29) is 35.8 Å². The van der Waals surface area contributed by atoms with Crippen LogP contribution >= 0.6 is 0 Å². The number of carbonyl (C=O) groups is 2. The van der Waals surface area contributed by atoms with Crippen LogP contribution in [0.25, 0.3) is 11.1 Å². The van der Waals surface area contributed by atoms with E-state index in [1.807, 2.05) is 39.8 Å². The van der Waals surface area contributed by atoms with Gasteiger partial charge in [0.1, 0.15) is 11.4 Å². The summed E-state index contributed by atoms with van der Waals surface area (Å²) in [6.07, 6.45) is 4.82. The lowest BCUT2D eigenvalue weighted by Gasteiger charge is -2.40. The zero-order valence-corrected chi connectivity index (χ0v) is 26.6. The number of aromatic nitrogens is 1. The smallest absolute Gasteiger partial charge is 0.410 e. The molecule has 0 radical (unpaired) electrons. The molecule has 5 rings (SSSR count). The highest BCUT2D eigenvalue weighted by Crippen LogP contribution is 2.53. The van der Waals surface area contributed by atoms with Crippen molar-refractivity contribution in [3.8, 4) is 22.6 Å². The quantitative estimate of drug-likeness (QED) is 0.427. The third kappa shape index (κ3) is 6.39. The van der Waals surface area contributed by atoms with Gasteiger partial charge in [0.2, 0.25) is 0 Å². The van der Waals surface area contributed by atoms with Gasteiger partial charge in [0.25, 0.3) is 5.79 Å². The summed E-state index contributed by atoms with van der Waals surface area (Å²) in [6.45, 7) is 14.9. The van der Waals surface area contributed by atoms with Crippen LogP contribution in [0, 0.1) is 12.8 Å². The van der Waals surface area contributed by atoms with Gasteiger partial charge in [0.05, 0.1) is 17.8 Å². The van der Waals surface area contributed by atoms with Crippen LogP contribution in [0.2, 0.25) is 0 Å². The van der Waals surface area contributed by atoms with E-state index >= 15 is 0 Å². The summed E-state index contributed by atoms with van der Waals surface area (Å²) in [5.41, 5.74) is 1.56. The molecule has 2 fully saturated rings. The molecular weight excluding hydrogens is 550 g/mol. The van der Waals surface area contributed by atoms with E-state index in [1.165, 1.54) is 0 Å². The Morgan fingerprint density at radius 2 is 1.70 bits per heavy atom. The van der Waals surface area contributed by atoms with Crippen molar-refractivity contribution in [3.63, 3.8) is 0 Å². The van der Waals surface area contributed by atoms with Crippen molar-refractivity contribution in [1.82, 2.24) is 9.88 Å². The molecule has 1 aliphatic carbocycles. The standard InChI is InChI=1S/C33H45N3O7/c1-19-17-36(18-20(2)40-19)27-14-9-22(16-34-27)26-15-25(30(37)38)21(3)28-29(26)42-33(7,41-28)23-10-12-24(13-11-23)35(8)31(39)43-32(4,5)6/h9,14-16,19-20,23-24H,10-13,17-18H2,1-8H3,(H,37,38). The number of hydrogen-bond acceptors (Lipinski definition) is 8. The van der Waals surface area contributed by atoms with Gasteiger partial charge in [-0.3, -0.25) is 0 Å². The van der Waals surface area contributed by atoms with E-state index in [4.69, 9.17) is 23.9 Å². The summed E-state index contributed by atoms with van der Waals surface area (Å²) in [5, 5.41) is 10.0. The Hall–Kier alpha value is -3.53. The molecule has 43 heavy (non-hydrogen) atoms. The van der Waals surface area contributed by atoms with E-state index in [1.54, 1.807) is 31.1 Å². The largest absolute Gasteiger partial charge is 0.478 e. The number of morpholine rings is 1. The van der Waals surface area contributed by atoms with Gasteiger partial charge in [0.15, 0.2) is 11.5 Å². The fourth-order valence-electron chi connectivity index (χ4n) is 6.55. The van der Waals surface area contributed by atoms with Crippen molar-refractivity contribution < 1.29 is 33.6 Å². The predicted molar refractivity (Wildman–Crippen MR) is 163 cm³/mol. The first-order valence-corrected chi connectivity index (χ1v) is 15.3. The molecule has 234 valence electrons. The minimum atomic E-state index is -1.02.